The van der Waals surface area contributed by atoms with Crippen LogP contribution in [0.1, 0.15) is 26.3 Å². The molecule has 0 aliphatic carbocycles. The van der Waals surface area contributed by atoms with Gasteiger partial charge in [-0.15, -0.1) is 0 Å². The minimum Gasteiger partial charge on any atom is -0.478 e. The van der Waals surface area contributed by atoms with Gasteiger partial charge in [0.2, 0.25) is 0 Å². The maximum absolute atomic E-state index is 13.5. The summed E-state index contributed by atoms with van der Waals surface area (Å²) in [5.41, 5.74) is -0.927. The van der Waals surface area contributed by atoms with Crippen molar-refractivity contribution in [3.05, 3.63) is 70.8 Å². The zero-order valence-electron chi connectivity index (χ0n) is 9.56. The number of hydrogen-bond donors (Lipinski definition) is 1. The number of carbonyl (C=O) groups is 2. The Morgan fingerprint density at radius 1 is 0.842 bits per heavy atom. The molecule has 96 valence electrons. The Labute approximate surface area is 107 Å². The van der Waals surface area contributed by atoms with E-state index in [0.717, 1.165) is 12.1 Å². The summed E-state index contributed by atoms with van der Waals surface area (Å²) in [7, 11) is 0. The molecule has 3 nitrogen and oxygen atoms in total. The van der Waals surface area contributed by atoms with Crippen LogP contribution < -0.4 is 0 Å². The van der Waals surface area contributed by atoms with Gasteiger partial charge in [-0.2, -0.15) is 0 Å². The molecule has 0 aliphatic rings. The van der Waals surface area contributed by atoms with E-state index in [9.17, 15) is 18.4 Å². The lowest BCUT2D eigenvalue weighted by atomic mass is 9.98. The van der Waals surface area contributed by atoms with Crippen molar-refractivity contribution >= 4 is 11.8 Å². The second-order valence-corrected chi connectivity index (χ2v) is 3.78. The second-order valence-electron chi connectivity index (χ2n) is 3.78. The lowest BCUT2D eigenvalue weighted by molar-refractivity contribution is 0.0692. The summed E-state index contributed by atoms with van der Waals surface area (Å²) >= 11 is 0. The average Bonchev–Trinajstić information content (AvgIpc) is 2.41. The summed E-state index contributed by atoms with van der Waals surface area (Å²) in [6, 6.07) is 8.57. The highest BCUT2D eigenvalue weighted by Crippen LogP contribution is 2.18. The van der Waals surface area contributed by atoms with E-state index in [2.05, 4.69) is 0 Å². The number of aromatic carboxylic acids is 1. The molecule has 0 saturated carbocycles. The van der Waals surface area contributed by atoms with Crippen molar-refractivity contribution in [1.82, 2.24) is 0 Å². The summed E-state index contributed by atoms with van der Waals surface area (Å²) in [5, 5.41) is 8.97. The highest BCUT2D eigenvalue weighted by atomic mass is 19.2. The first-order chi connectivity index (χ1) is 9.02. The van der Waals surface area contributed by atoms with Crippen molar-refractivity contribution in [2.45, 2.75) is 0 Å². The van der Waals surface area contributed by atoms with Gasteiger partial charge in [0.05, 0.1) is 11.1 Å². The van der Waals surface area contributed by atoms with Crippen LogP contribution in [0.25, 0.3) is 0 Å². The van der Waals surface area contributed by atoms with Gasteiger partial charge in [0.15, 0.2) is 17.4 Å². The lowest BCUT2D eigenvalue weighted by Crippen LogP contribution is -2.11. The molecule has 0 aliphatic heterocycles. The first kappa shape index (κ1) is 12.9. The summed E-state index contributed by atoms with van der Waals surface area (Å²) < 4.78 is 26.6. The van der Waals surface area contributed by atoms with Crippen LogP contribution in [0.2, 0.25) is 0 Å². The number of carboxylic acid groups (broad SMARTS) is 1. The third-order valence-electron chi connectivity index (χ3n) is 2.60. The van der Waals surface area contributed by atoms with Gasteiger partial charge >= 0.3 is 5.97 Å². The Morgan fingerprint density at radius 2 is 1.42 bits per heavy atom. The maximum atomic E-state index is 13.5. The summed E-state index contributed by atoms with van der Waals surface area (Å²) in [6.45, 7) is 0. The average molecular weight is 262 g/mol. The van der Waals surface area contributed by atoms with E-state index in [1.54, 1.807) is 0 Å². The number of carbonyl (C=O) groups excluding carboxylic acids is 1. The molecular weight excluding hydrogens is 254 g/mol. The predicted molar refractivity (Wildman–Crippen MR) is 63.2 cm³/mol. The van der Waals surface area contributed by atoms with Gasteiger partial charge < -0.3 is 5.11 Å². The zero-order chi connectivity index (χ0) is 14.0. The molecule has 0 fully saturated rings. The second kappa shape index (κ2) is 4.97. The molecule has 0 spiro atoms. The largest absolute Gasteiger partial charge is 0.478 e. The molecule has 0 amide bonds. The van der Waals surface area contributed by atoms with Gasteiger partial charge in [0, 0.05) is 5.56 Å². The fourth-order valence-electron chi connectivity index (χ4n) is 1.69. The molecule has 2 rings (SSSR count). The van der Waals surface area contributed by atoms with Crippen molar-refractivity contribution in [2.24, 2.45) is 0 Å². The predicted octanol–water partition coefficient (Wildman–Crippen LogP) is 2.89. The van der Waals surface area contributed by atoms with Crippen molar-refractivity contribution < 1.29 is 23.5 Å². The van der Waals surface area contributed by atoms with Crippen LogP contribution in [0.5, 0.6) is 0 Å². The number of ketones is 1. The van der Waals surface area contributed by atoms with E-state index in [1.807, 2.05) is 0 Å². The summed E-state index contributed by atoms with van der Waals surface area (Å²) in [6.07, 6.45) is 0. The molecule has 0 atom stereocenters. The van der Waals surface area contributed by atoms with Crippen LogP contribution in [-0.2, 0) is 0 Å². The molecule has 19 heavy (non-hydrogen) atoms. The highest BCUT2D eigenvalue weighted by Gasteiger charge is 2.21. The van der Waals surface area contributed by atoms with E-state index in [-0.39, 0.29) is 11.1 Å². The first-order valence-electron chi connectivity index (χ1n) is 5.33. The number of rotatable bonds is 3. The molecule has 0 aromatic heterocycles. The fraction of sp³-hybridized carbons (Fsp3) is 0. The zero-order valence-corrected chi connectivity index (χ0v) is 9.56. The molecule has 0 radical (unpaired) electrons. The number of hydrogen-bond acceptors (Lipinski definition) is 2. The van der Waals surface area contributed by atoms with Gasteiger partial charge in [0.25, 0.3) is 0 Å². The van der Waals surface area contributed by atoms with Gasteiger partial charge in [-0.1, -0.05) is 24.3 Å². The highest BCUT2D eigenvalue weighted by molar-refractivity contribution is 6.14. The van der Waals surface area contributed by atoms with Crippen molar-refractivity contribution in [3.8, 4) is 0 Å². The Balaban J connectivity index is 2.57. The topological polar surface area (TPSA) is 54.4 Å². The van der Waals surface area contributed by atoms with Gasteiger partial charge in [0.1, 0.15) is 0 Å². The molecular formula is C14H8F2O3. The van der Waals surface area contributed by atoms with E-state index in [4.69, 9.17) is 5.11 Å². The molecule has 2 aromatic rings. The van der Waals surface area contributed by atoms with Crippen LogP contribution in [-0.4, -0.2) is 16.9 Å². The van der Waals surface area contributed by atoms with Gasteiger partial charge in [-0.25, -0.2) is 13.6 Å². The Hall–Kier alpha value is -2.56. The van der Waals surface area contributed by atoms with Crippen LogP contribution in [0.3, 0.4) is 0 Å². The van der Waals surface area contributed by atoms with E-state index in [0.29, 0.717) is 0 Å². The fourth-order valence-corrected chi connectivity index (χ4v) is 1.69. The van der Waals surface area contributed by atoms with Gasteiger partial charge in [-0.05, 0) is 18.2 Å². The molecule has 0 bridgehead atoms. The van der Waals surface area contributed by atoms with Gasteiger partial charge in [-0.3, -0.25) is 4.79 Å². The quantitative estimate of drug-likeness (QED) is 0.865. The summed E-state index contributed by atoms with van der Waals surface area (Å²) in [4.78, 5) is 23.1. The van der Waals surface area contributed by atoms with Crippen LogP contribution >= 0.6 is 0 Å². The third kappa shape index (κ3) is 2.35. The Bertz CT molecular complexity index is 665. The molecule has 0 saturated heterocycles. The van der Waals surface area contributed by atoms with E-state index in [1.165, 1.54) is 30.3 Å². The molecule has 1 N–H and O–H groups in total. The van der Waals surface area contributed by atoms with Crippen molar-refractivity contribution in [3.63, 3.8) is 0 Å². The van der Waals surface area contributed by atoms with Crippen molar-refractivity contribution in [1.29, 1.82) is 0 Å². The normalized spacial score (nSPS) is 10.2. The Morgan fingerprint density at radius 3 is 2.05 bits per heavy atom. The van der Waals surface area contributed by atoms with E-state index >= 15 is 0 Å². The maximum Gasteiger partial charge on any atom is 0.336 e. The standard InChI is InChI=1S/C14H8F2O3/c15-11-7-3-6-10(12(11)16)13(17)8-4-1-2-5-9(8)14(18)19/h1-7H,(H,18,19). The lowest BCUT2D eigenvalue weighted by Gasteiger charge is -2.06. The minimum absolute atomic E-state index is 0.181. The van der Waals surface area contributed by atoms with Crippen LogP contribution in [0, 0.1) is 11.6 Å². The Kier molecular flexibility index (Phi) is 3.37. The molecule has 2 aromatic carbocycles. The smallest absolute Gasteiger partial charge is 0.336 e. The van der Waals surface area contributed by atoms with Crippen LogP contribution in [0.4, 0.5) is 8.78 Å². The first-order valence-corrected chi connectivity index (χ1v) is 5.33. The molecule has 0 unspecified atom stereocenters. The minimum atomic E-state index is -1.30. The molecule has 5 heteroatoms. The SMILES string of the molecule is O=C(O)c1ccccc1C(=O)c1cccc(F)c1F. The number of halogens is 2. The molecule has 0 heterocycles. The van der Waals surface area contributed by atoms with Crippen LogP contribution in [0.15, 0.2) is 42.5 Å². The van der Waals surface area contributed by atoms with E-state index < -0.39 is 29.0 Å². The number of carboxylic acids is 1. The summed E-state index contributed by atoms with van der Waals surface area (Å²) in [5.74, 6) is -4.61. The van der Waals surface area contributed by atoms with Crippen molar-refractivity contribution in [2.75, 3.05) is 0 Å². The monoisotopic (exact) mass is 262 g/mol. The third-order valence-corrected chi connectivity index (χ3v) is 2.60. The number of benzene rings is 2.